The Kier molecular flexibility index (Phi) is 5.19. The SMILES string of the molecule is c1ccc(SCCNCC2CCOC2)cc1. The third-order valence-electron chi connectivity index (χ3n) is 2.75. The Bertz CT molecular complexity index is 285. The van der Waals surface area contributed by atoms with Gasteiger partial charge >= 0.3 is 0 Å². The molecule has 1 aliphatic heterocycles. The van der Waals surface area contributed by atoms with Crippen LogP contribution in [0.4, 0.5) is 0 Å². The fourth-order valence-electron chi connectivity index (χ4n) is 1.81. The second kappa shape index (κ2) is 6.94. The Morgan fingerprint density at radius 3 is 2.94 bits per heavy atom. The first-order valence-corrected chi connectivity index (χ1v) is 6.90. The van der Waals surface area contributed by atoms with E-state index in [0.717, 1.165) is 38.0 Å². The molecule has 1 heterocycles. The molecule has 0 aromatic heterocycles. The minimum Gasteiger partial charge on any atom is -0.381 e. The van der Waals surface area contributed by atoms with E-state index >= 15 is 0 Å². The number of hydrogen-bond acceptors (Lipinski definition) is 3. The first kappa shape index (κ1) is 12.0. The van der Waals surface area contributed by atoms with Gasteiger partial charge in [0.25, 0.3) is 0 Å². The molecule has 16 heavy (non-hydrogen) atoms. The summed E-state index contributed by atoms with van der Waals surface area (Å²) >= 11 is 1.91. The topological polar surface area (TPSA) is 21.3 Å². The second-order valence-electron chi connectivity index (χ2n) is 4.10. The largest absolute Gasteiger partial charge is 0.381 e. The van der Waals surface area contributed by atoms with Crippen molar-refractivity contribution >= 4 is 11.8 Å². The summed E-state index contributed by atoms with van der Waals surface area (Å²) in [6.45, 7) is 4.08. The summed E-state index contributed by atoms with van der Waals surface area (Å²) in [6.07, 6.45) is 1.22. The van der Waals surface area contributed by atoms with Crippen LogP contribution < -0.4 is 5.32 Å². The zero-order valence-corrected chi connectivity index (χ0v) is 10.3. The molecular weight excluding hydrogens is 218 g/mol. The van der Waals surface area contributed by atoms with Gasteiger partial charge in [0.05, 0.1) is 6.61 Å². The zero-order valence-electron chi connectivity index (χ0n) is 9.52. The lowest BCUT2D eigenvalue weighted by molar-refractivity contribution is 0.185. The highest BCUT2D eigenvalue weighted by Crippen LogP contribution is 2.16. The summed E-state index contributed by atoms with van der Waals surface area (Å²) in [5.41, 5.74) is 0. The Labute approximate surface area is 102 Å². The van der Waals surface area contributed by atoms with Gasteiger partial charge in [-0.15, -0.1) is 11.8 Å². The van der Waals surface area contributed by atoms with E-state index in [1.54, 1.807) is 0 Å². The maximum atomic E-state index is 5.34. The van der Waals surface area contributed by atoms with Crippen LogP contribution in [0.3, 0.4) is 0 Å². The molecule has 1 atom stereocenters. The lowest BCUT2D eigenvalue weighted by Gasteiger charge is -2.08. The number of thioether (sulfide) groups is 1. The number of benzene rings is 1. The molecule has 2 nitrogen and oxygen atoms in total. The van der Waals surface area contributed by atoms with Gasteiger partial charge in [0.15, 0.2) is 0 Å². The lowest BCUT2D eigenvalue weighted by atomic mass is 10.1. The summed E-state index contributed by atoms with van der Waals surface area (Å²) in [5.74, 6) is 1.87. The van der Waals surface area contributed by atoms with Crippen LogP contribution in [-0.4, -0.2) is 32.1 Å². The van der Waals surface area contributed by atoms with Crippen molar-refractivity contribution in [3.05, 3.63) is 30.3 Å². The van der Waals surface area contributed by atoms with Gasteiger partial charge in [-0.05, 0) is 24.5 Å². The van der Waals surface area contributed by atoms with E-state index in [9.17, 15) is 0 Å². The highest BCUT2D eigenvalue weighted by Gasteiger charge is 2.14. The molecule has 1 fully saturated rings. The average molecular weight is 237 g/mol. The third-order valence-corrected chi connectivity index (χ3v) is 3.76. The number of hydrogen-bond donors (Lipinski definition) is 1. The minimum atomic E-state index is 0.738. The average Bonchev–Trinajstić information content (AvgIpc) is 2.83. The van der Waals surface area contributed by atoms with E-state index in [2.05, 4.69) is 35.6 Å². The molecular formula is C13H19NOS. The molecule has 0 aliphatic carbocycles. The van der Waals surface area contributed by atoms with E-state index in [1.165, 1.54) is 11.3 Å². The predicted octanol–water partition coefficient (Wildman–Crippen LogP) is 2.40. The van der Waals surface area contributed by atoms with Crippen molar-refractivity contribution in [2.75, 3.05) is 32.1 Å². The van der Waals surface area contributed by atoms with Crippen molar-refractivity contribution < 1.29 is 4.74 Å². The Morgan fingerprint density at radius 2 is 2.19 bits per heavy atom. The standard InChI is InChI=1S/C13H19NOS/c1-2-4-13(5-3-1)16-9-7-14-10-12-6-8-15-11-12/h1-5,12,14H,6-11H2. The van der Waals surface area contributed by atoms with Crippen molar-refractivity contribution in [1.29, 1.82) is 0 Å². The van der Waals surface area contributed by atoms with Crippen LogP contribution in [-0.2, 0) is 4.74 Å². The molecule has 0 bridgehead atoms. The summed E-state index contributed by atoms with van der Waals surface area (Å²) in [5, 5.41) is 3.50. The fourth-order valence-corrected chi connectivity index (χ4v) is 2.64. The van der Waals surface area contributed by atoms with E-state index in [0.29, 0.717) is 0 Å². The van der Waals surface area contributed by atoms with Crippen LogP contribution in [0.1, 0.15) is 6.42 Å². The van der Waals surface area contributed by atoms with E-state index in [1.807, 2.05) is 11.8 Å². The van der Waals surface area contributed by atoms with Crippen molar-refractivity contribution in [1.82, 2.24) is 5.32 Å². The van der Waals surface area contributed by atoms with Gasteiger partial charge in [-0.2, -0.15) is 0 Å². The van der Waals surface area contributed by atoms with Gasteiger partial charge in [-0.25, -0.2) is 0 Å². The molecule has 2 rings (SSSR count). The summed E-state index contributed by atoms with van der Waals surface area (Å²) in [4.78, 5) is 1.36. The molecule has 1 aromatic carbocycles. The molecule has 0 radical (unpaired) electrons. The number of nitrogens with one attached hydrogen (secondary N) is 1. The van der Waals surface area contributed by atoms with E-state index in [4.69, 9.17) is 4.74 Å². The molecule has 0 spiro atoms. The van der Waals surface area contributed by atoms with Gasteiger partial charge in [0.2, 0.25) is 0 Å². The summed E-state index contributed by atoms with van der Waals surface area (Å²) in [7, 11) is 0. The molecule has 1 unspecified atom stereocenters. The van der Waals surface area contributed by atoms with Crippen molar-refractivity contribution in [3.8, 4) is 0 Å². The van der Waals surface area contributed by atoms with Crippen LogP contribution in [0, 0.1) is 5.92 Å². The van der Waals surface area contributed by atoms with Gasteiger partial charge in [-0.3, -0.25) is 0 Å². The van der Waals surface area contributed by atoms with Crippen molar-refractivity contribution in [2.24, 2.45) is 5.92 Å². The van der Waals surface area contributed by atoms with Crippen LogP contribution in [0.25, 0.3) is 0 Å². The van der Waals surface area contributed by atoms with Crippen LogP contribution in [0.5, 0.6) is 0 Å². The van der Waals surface area contributed by atoms with Crippen molar-refractivity contribution in [3.63, 3.8) is 0 Å². The molecule has 0 saturated carbocycles. The predicted molar refractivity (Wildman–Crippen MR) is 69.0 cm³/mol. The Morgan fingerprint density at radius 1 is 1.31 bits per heavy atom. The smallest absolute Gasteiger partial charge is 0.0507 e. The van der Waals surface area contributed by atoms with Crippen LogP contribution in [0.2, 0.25) is 0 Å². The van der Waals surface area contributed by atoms with Gasteiger partial charge in [-0.1, -0.05) is 18.2 Å². The van der Waals surface area contributed by atoms with Gasteiger partial charge in [0, 0.05) is 30.3 Å². The van der Waals surface area contributed by atoms with E-state index in [-0.39, 0.29) is 0 Å². The Balaban J connectivity index is 1.52. The highest BCUT2D eigenvalue weighted by molar-refractivity contribution is 7.99. The monoisotopic (exact) mass is 237 g/mol. The van der Waals surface area contributed by atoms with Gasteiger partial charge < -0.3 is 10.1 Å². The third kappa shape index (κ3) is 4.16. The Hall–Kier alpha value is -0.510. The van der Waals surface area contributed by atoms with Crippen LogP contribution in [0.15, 0.2) is 35.2 Å². The fraction of sp³-hybridized carbons (Fsp3) is 0.538. The number of rotatable bonds is 6. The maximum absolute atomic E-state index is 5.34. The molecule has 1 aliphatic rings. The second-order valence-corrected chi connectivity index (χ2v) is 5.26. The molecule has 88 valence electrons. The lowest BCUT2D eigenvalue weighted by Crippen LogP contribution is -2.25. The molecule has 0 amide bonds. The zero-order chi connectivity index (χ0) is 11.1. The summed E-state index contributed by atoms with van der Waals surface area (Å²) in [6, 6.07) is 10.6. The molecule has 1 N–H and O–H groups in total. The molecule has 3 heteroatoms. The minimum absolute atomic E-state index is 0.738. The van der Waals surface area contributed by atoms with Gasteiger partial charge in [0.1, 0.15) is 0 Å². The number of ether oxygens (including phenoxy) is 1. The van der Waals surface area contributed by atoms with Crippen molar-refractivity contribution in [2.45, 2.75) is 11.3 Å². The quantitative estimate of drug-likeness (QED) is 0.606. The summed E-state index contributed by atoms with van der Waals surface area (Å²) < 4.78 is 5.34. The highest BCUT2D eigenvalue weighted by atomic mass is 32.2. The molecule has 1 saturated heterocycles. The van der Waals surface area contributed by atoms with Crippen LogP contribution >= 0.6 is 11.8 Å². The molecule has 1 aromatic rings. The first-order chi connectivity index (χ1) is 7.95. The maximum Gasteiger partial charge on any atom is 0.0507 e. The normalized spacial score (nSPS) is 20.1. The first-order valence-electron chi connectivity index (χ1n) is 5.91. The van der Waals surface area contributed by atoms with E-state index < -0.39 is 0 Å².